The predicted molar refractivity (Wildman–Crippen MR) is 92.1 cm³/mol. The van der Waals surface area contributed by atoms with Crippen LogP contribution in [0, 0.1) is 11.5 Å². The molecule has 0 aromatic rings. The van der Waals surface area contributed by atoms with Gasteiger partial charge in [0.1, 0.15) is 8.07 Å². The van der Waals surface area contributed by atoms with Crippen LogP contribution in [0.2, 0.25) is 18.1 Å². The third-order valence-corrected chi connectivity index (χ3v) is 8.86. The second kappa shape index (κ2) is 8.64. The van der Waals surface area contributed by atoms with Gasteiger partial charge >= 0.3 is 0 Å². The molecule has 0 aliphatic rings. The van der Waals surface area contributed by atoms with E-state index in [-0.39, 0.29) is 0 Å². The molecule has 0 saturated carbocycles. The average molecular weight is 279 g/mol. The molecule has 0 N–H and O–H groups in total. The van der Waals surface area contributed by atoms with E-state index in [9.17, 15) is 0 Å². The lowest BCUT2D eigenvalue weighted by Crippen LogP contribution is -2.35. The molecule has 1 heteroatoms. The third-order valence-electron chi connectivity index (χ3n) is 4.34. The second-order valence-corrected chi connectivity index (χ2v) is 12.1. The van der Waals surface area contributed by atoms with Gasteiger partial charge in [0.15, 0.2) is 0 Å². The number of allylic oxidation sites excluding steroid dienone is 2. The standard InChI is InChI=1S/C18H34Si/c1-8-10-11-12-14-17(9-2)15-13-16-19(6,7)18(3,4)5/h15H,8-12,14H2,1-7H3/b17-15+. The predicted octanol–water partition coefficient (Wildman–Crippen LogP) is 6.34. The first-order chi connectivity index (χ1) is 8.74. The topological polar surface area (TPSA) is 0 Å². The minimum Gasteiger partial charge on any atom is -0.127 e. The van der Waals surface area contributed by atoms with Gasteiger partial charge in [-0.1, -0.05) is 78.5 Å². The molecule has 0 fully saturated rings. The Morgan fingerprint density at radius 3 is 2.16 bits per heavy atom. The molecule has 0 bridgehead atoms. The van der Waals surface area contributed by atoms with Crippen LogP contribution in [-0.2, 0) is 0 Å². The average Bonchev–Trinajstić information content (AvgIpc) is 2.30. The molecule has 0 saturated heterocycles. The van der Waals surface area contributed by atoms with Crippen molar-refractivity contribution in [2.24, 2.45) is 0 Å². The number of rotatable bonds is 6. The van der Waals surface area contributed by atoms with Crippen molar-refractivity contribution in [2.45, 2.75) is 91.3 Å². The molecule has 110 valence electrons. The van der Waals surface area contributed by atoms with Gasteiger partial charge in [-0.15, -0.1) is 5.54 Å². The van der Waals surface area contributed by atoms with Crippen LogP contribution in [-0.4, -0.2) is 8.07 Å². The Kier molecular flexibility index (Phi) is 8.42. The van der Waals surface area contributed by atoms with Crippen molar-refractivity contribution in [2.75, 3.05) is 0 Å². The molecule has 0 rings (SSSR count). The highest BCUT2D eigenvalue weighted by molar-refractivity contribution is 6.87. The Morgan fingerprint density at radius 2 is 1.68 bits per heavy atom. The molecule has 0 aliphatic carbocycles. The highest BCUT2D eigenvalue weighted by Gasteiger charge is 2.33. The zero-order chi connectivity index (χ0) is 14.9. The minimum atomic E-state index is -1.43. The smallest absolute Gasteiger partial charge is 0.127 e. The highest BCUT2D eigenvalue weighted by atomic mass is 28.3. The maximum atomic E-state index is 3.58. The summed E-state index contributed by atoms with van der Waals surface area (Å²) in [7, 11) is -1.43. The fourth-order valence-electron chi connectivity index (χ4n) is 1.64. The molecule has 0 atom stereocenters. The van der Waals surface area contributed by atoms with E-state index in [1.165, 1.54) is 37.7 Å². The molecule has 0 radical (unpaired) electrons. The monoisotopic (exact) mass is 278 g/mol. The molecule has 0 nitrogen and oxygen atoms in total. The third kappa shape index (κ3) is 7.63. The molecular weight excluding hydrogens is 244 g/mol. The van der Waals surface area contributed by atoms with E-state index in [0.29, 0.717) is 5.04 Å². The van der Waals surface area contributed by atoms with Crippen LogP contribution in [0.1, 0.15) is 73.1 Å². The van der Waals surface area contributed by atoms with Gasteiger partial charge in [0.25, 0.3) is 0 Å². The van der Waals surface area contributed by atoms with Crippen molar-refractivity contribution in [3.63, 3.8) is 0 Å². The van der Waals surface area contributed by atoms with Crippen molar-refractivity contribution < 1.29 is 0 Å². The normalized spacial score (nSPS) is 13.1. The highest BCUT2D eigenvalue weighted by Crippen LogP contribution is 2.35. The number of unbranched alkanes of at least 4 members (excludes halogenated alkanes) is 3. The largest absolute Gasteiger partial charge is 0.138 e. The molecule has 0 aromatic heterocycles. The van der Waals surface area contributed by atoms with E-state index < -0.39 is 8.07 Å². The van der Waals surface area contributed by atoms with Crippen LogP contribution in [0.3, 0.4) is 0 Å². The molecule has 0 unspecified atom stereocenters. The van der Waals surface area contributed by atoms with Crippen LogP contribution in [0.25, 0.3) is 0 Å². The summed E-state index contributed by atoms with van der Waals surface area (Å²) in [6, 6.07) is 0. The molecular formula is C18H34Si. The summed E-state index contributed by atoms with van der Waals surface area (Å²) in [5.74, 6) is 3.37. The van der Waals surface area contributed by atoms with Crippen molar-refractivity contribution in [1.29, 1.82) is 0 Å². The summed E-state index contributed by atoms with van der Waals surface area (Å²) in [4.78, 5) is 0. The van der Waals surface area contributed by atoms with E-state index in [4.69, 9.17) is 0 Å². The molecule has 0 amide bonds. The van der Waals surface area contributed by atoms with Gasteiger partial charge in [0, 0.05) is 0 Å². The van der Waals surface area contributed by atoms with Crippen molar-refractivity contribution in [3.05, 3.63) is 11.6 Å². The van der Waals surface area contributed by atoms with Crippen molar-refractivity contribution >= 4 is 8.07 Å². The second-order valence-electron chi connectivity index (χ2n) is 7.11. The molecule has 0 heterocycles. The van der Waals surface area contributed by atoms with Gasteiger partial charge in [0.2, 0.25) is 0 Å². The van der Waals surface area contributed by atoms with E-state index >= 15 is 0 Å². The van der Waals surface area contributed by atoms with E-state index in [2.05, 4.69) is 65.3 Å². The Labute approximate surface area is 123 Å². The van der Waals surface area contributed by atoms with Gasteiger partial charge in [-0.2, -0.15) is 0 Å². The SMILES string of the molecule is CCCCCC/C(=C/C#C[Si](C)(C)C(C)(C)C)CC. The fourth-order valence-corrected chi connectivity index (χ4v) is 2.44. The van der Waals surface area contributed by atoms with E-state index in [1.807, 2.05) is 0 Å². The Morgan fingerprint density at radius 1 is 1.05 bits per heavy atom. The summed E-state index contributed by atoms with van der Waals surface area (Å²) in [6.45, 7) is 16.2. The van der Waals surface area contributed by atoms with Gasteiger partial charge in [0.05, 0.1) is 0 Å². The van der Waals surface area contributed by atoms with Crippen molar-refractivity contribution in [1.82, 2.24) is 0 Å². The Balaban J connectivity index is 4.50. The summed E-state index contributed by atoms with van der Waals surface area (Å²) in [5.41, 5.74) is 5.11. The maximum Gasteiger partial charge on any atom is 0.138 e. The van der Waals surface area contributed by atoms with E-state index in [1.54, 1.807) is 0 Å². The van der Waals surface area contributed by atoms with Gasteiger partial charge in [-0.05, 0) is 30.4 Å². The lowest BCUT2D eigenvalue weighted by molar-refractivity contribution is 0.658. The first kappa shape index (κ1) is 18.5. The Bertz CT molecular complexity index is 331. The quantitative estimate of drug-likeness (QED) is 0.302. The number of hydrogen-bond acceptors (Lipinski definition) is 0. The van der Waals surface area contributed by atoms with Gasteiger partial charge in [-0.3, -0.25) is 0 Å². The lowest BCUT2D eigenvalue weighted by Gasteiger charge is -2.31. The van der Waals surface area contributed by atoms with Crippen molar-refractivity contribution in [3.8, 4) is 11.5 Å². The fraction of sp³-hybridized carbons (Fsp3) is 0.778. The maximum absolute atomic E-state index is 3.58. The van der Waals surface area contributed by atoms with Crippen LogP contribution < -0.4 is 0 Å². The number of hydrogen-bond donors (Lipinski definition) is 0. The zero-order valence-electron chi connectivity index (χ0n) is 14.3. The summed E-state index contributed by atoms with van der Waals surface area (Å²) < 4.78 is 0. The zero-order valence-corrected chi connectivity index (χ0v) is 15.3. The van der Waals surface area contributed by atoms with Gasteiger partial charge in [-0.25, -0.2) is 0 Å². The lowest BCUT2D eigenvalue weighted by atomic mass is 10.0. The summed E-state index contributed by atoms with van der Waals surface area (Å²) >= 11 is 0. The van der Waals surface area contributed by atoms with Crippen LogP contribution in [0.4, 0.5) is 0 Å². The van der Waals surface area contributed by atoms with E-state index in [0.717, 1.165) is 6.42 Å². The molecule has 0 aromatic carbocycles. The summed E-state index contributed by atoms with van der Waals surface area (Å²) in [5, 5.41) is 0.362. The molecule has 0 aliphatic heterocycles. The van der Waals surface area contributed by atoms with Gasteiger partial charge < -0.3 is 0 Å². The van der Waals surface area contributed by atoms with Crippen LogP contribution in [0.15, 0.2) is 11.6 Å². The summed E-state index contributed by atoms with van der Waals surface area (Å²) in [6.07, 6.45) is 9.97. The first-order valence-electron chi connectivity index (χ1n) is 7.95. The van der Waals surface area contributed by atoms with Crippen LogP contribution >= 0.6 is 0 Å². The molecule has 19 heavy (non-hydrogen) atoms. The minimum absolute atomic E-state index is 0.362. The molecule has 0 spiro atoms. The first-order valence-corrected chi connectivity index (χ1v) is 10.9. The van der Waals surface area contributed by atoms with Crippen LogP contribution in [0.5, 0.6) is 0 Å². The Hall–Kier alpha value is -0.483.